The number of fused-ring (bicyclic) bond motifs is 1. The van der Waals surface area contributed by atoms with Crippen LogP contribution in [0.2, 0.25) is 0 Å². The zero-order valence-corrected chi connectivity index (χ0v) is 24.9. The molecule has 8 heteroatoms. The van der Waals surface area contributed by atoms with E-state index in [-0.39, 0.29) is 12.1 Å². The lowest BCUT2D eigenvalue weighted by atomic mass is 9.80. The molecule has 5 atom stereocenters. The van der Waals surface area contributed by atoms with Crippen molar-refractivity contribution in [2.24, 2.45) is 22.6 Å². The Morgan fingerprint density at radius 3 is 2.58 bits per heavy atom. The van der Waals surface area contributed by atoms with Crippen molar-refractivity contribution in [3.05, 3.63) is 47.2 Å². The van der Waals surface area contributed by atoms with E-state index in [1.807, 2.05) is 70.1 Å². The number of aliphatic imine (C=N–C) groups is 1. The summed E-state index contributed by atoms with van der Waals surface area (Å²) in [6.45, 7) is 13.1. The molecule has 3 rings (SSSR count). The number of nitriles is 1. The summed E-state index contributed by atoms with van der Waals surface area (Å²) in [5.41, 5.74) is 8.22. The summed E-state index contributed by atoms with van der Waals surface area (Å²) in [4.78, 5) is 19.1. The molecule has 8 nitrogen and oxygen atoms in total. The maximum absolute atomic E-state index is 12.7. The summed E-state index contributed by atoms with van der Waals surface area (Å²) < 4.78 is 0. The number of carbonyl (C=O) groups excluding carboxylic acids is 1. The summed E-state index contributed by atoms with van der Waals surface area (Å²) in [6.07, 6.45) is 11.0. The Hall–Kier alpha value is -2.57. The maximum Gasteiger partial charge on any atom is 0.144 e. The molecule has 0 fully saturated rings. The second-order valence-corrected chi connectivity index (χ2v) is 9.18. The van der Waals surface area contributed by atoms with Crippen LogP contribution in [0.1, 0.15) is 83.9 Å². The fourth-order valence-corrected chi connectivity index (χ4v) is 4.74. The second-order valence-electron chi connectivity index (χ2n) is 9.18. The van der Waals surface area contributed by atoms with Gasteiger partial charge in [-0.15, -0.1) is 0 Å². The van der Waals surface area contributed by atoms with Crippen molar-refractivity contribution in [1.82, 2.24) is 15.5 Å². The molecular weight excluding hydrogens is 476 g/mol. The number of nitrogens with zero attached hydrogens (tertiary/aromatic N) is 3. The number of likely N-dealkylation sites (N-methyl/N-ethyl adjacent to an activating group) is 1. The number of hydrogen-bond donors (Lipinski definition) is 4. The highest BCUT2D eigenvalue weighted by Gasteiger charge is 2.47. The van der Waals surface area contributed by atoms with E-state index in [2.05, 4.69) is 35.5 Å². The minimum Gasteiger partial charge on any atom is -0.400 e. The molecule has 1 heterocycles. The van der Waals surface area contributed by atoms with Gasteiger partial charge in [0.25, 0.3) is 0 Å². The number of nitrogens with one attached hydrogen (secondary N) is 2. The van der Waals surface area contributed by atoms with Crippen molar-refractivity contribution in [3.63, 3.8) is 0 Å². The van der Waals surface area contributed by atoms with Gasteiger partial charge in [0.15, 0.2) is 0 Å². The molecule has 1 aromatic rings. The van der Waals surface area contributed by atoms with Gasteiger partial charge in [-0.05, 0) is 67.3 Å². The fraction of sp³-hybridized carbons (Fsp3) is 0.633. The molecule has 0 radical (unpaired) electrons. The topological polar surface area (TPSA) is 127 Å². The third kappa shape index (κ3) is 9.63. The van der Waals surface area contributed by atoms with Gasteiger partial charge < -0.3 is 21.0 Å². The van der Waals surface area contributed by atoms with Crippen LogP contribution in [0.3, 0.4) is 0 Å². The van der Waals surface area contributed by atoms with Crippen LogP contribution >= 0.6 is 0 Å². The second kappa shape index (κ2) is 19.5. The molecule has 0 bridgehead atoms. The SMILES string of the molecule is CC.CC.CCC(C)CCC[C@@H]1Cc2ccc(C#N)cc2C1(C=O)NC(N)N(C)CC1N=CC=CN1.CO. The third-order valence-electron chi connectivity index (χ3n) is 6.99. The molecule has 0 saturated carbocycles. The van der Waals surface area contributed by atoms with Crippen LogP contribution in [0.25, 0.3) is 0 Å². The van der Waals surface area contributed by atoms with E-state index in [1.54, 1.807) is 6.21 Å². The van der Waals surface area contributed by atoms with Crippen LogP contribution < -0.4 is 16.4 Å². The molecule has 38 heavy (non-hydrogen) atoms. The summed E-state index contributed by atoms with van der Waals surface area (Å²) in [7, 11) is 2.92. The quantitative estimate of drug-likeness (QED) is 0.249. The van der Waals surface area contributed by atoms with Gasteiger partial charge in [-0.1, -0.05) is 66.9 Å². The largest absolute Gasteiger partial charge is 0.400 e. The van der Waals surface area contributed by atoms with E-state index in [0.717, 1.165) is 56.6 Å². The lowest BCUT2D eigenvalue weighted by molar-refractivity contribution is -0.116. The van der Waals surface area contributed by atoms with Gasteiger partial charge in [0.05, 0.1) is 11.6 Å². The Labute approximate surface area is 231 Å². The first-order valence-corrected chi connectivity index (χ1v) is 14.1. The van der Waals surface area contributed by atoms with Gasteiger partial charge in [-0.2, -0.15) is 5.26 Å². The first-order valence-electron chi connectivity index (χ1n) is 14.1. The number of hydrogen-bond acceptors (Lipinski definition) is 8. The van der Waals surface area contributed by atoms with E-state index in [9.17, 15) is 10.1 Å². The molecule has 214 valence electrons. The fourth-order valence-electron chi connectivity index (χ4n) is 4.74. The Kier molecular flexibility index (Phi) is 18.2. The number of benzene rings is 1. The van der Waals surface area contributed by atoms with Gasteiger partial charge >= 0.3 is 0 Å². The summed E-state index contributed by atoms with van der Waals surface area (Å²) >= 11 is 0. The molecule has 0 saturated heterocycles. The normalized spacial score (nSPS) is 22.2. The van der Waals surface area contributed by atoms with Gasteiger partial charge in [0.1, 0.15) is 24.3 Å². The van der Waals surface area contributed by atoms with E-state index in [4.69, 9.17) is 10.8 Å². The zero-order valence-electron chi connectivity index (χ0n) is 24.9. The van der Waals surface area contributed by atoms with E-state index >= 15 is 0 Å². The number of carbonyl (C=O) groups is 1. The number of allylic oxidation sites excluding steroid dienone is 1. The van der Waals surface area contributed by atoms with Crippen LogP contribution in [0.4, 0.5) is 0 Å². The lowest BCUT2D eigenvalue weighted by Gasteiger charge is -2.39. The van der Waals surface area contributed by atoms with Gasteiger partial charge in [0, 0.05) is 19.9 Å². The Morgan fingerprint density at radius 2 is 2.03 bits per heavy atom. The summed E-state index contributed by atoms with van der Waals surface area (Å²) in [5, 5.41) is 23.1. The van der Waals surface area contributed by atoms with Crippen LogP contribution in [0, 0.1) is 23.2 Å². The number of aliphatic hydroxyl groups excluding tert-OH is 1. The first-order chi connectivity index (χ1) is 18.4. The Balaban J connectivity index is 0.00000213. The molecular formula is C30H52N6O2. The molecule has 1 aliphatic heterocycles. The maximum atomic E-state index is 12.7. The molecule has 4 unspecified atom stereocenters. The standard InChI is InChI=1S/C25H36N6O.2C2H6.CH4O/c1-4-18(2)7-5-8-21-14-20-10-9-19(15-26)13-22(20)25(21,17-32)30-24(27)31(3)16-23-28-11-6-12-29-23;3*1-2/h6,9-13,17-18,21,23-24,28,30H,4-5,7-8,14,16,27H2,1-3H3;2*1-2H3;2H,1H3/t18?,21-,23?,24?,25?;;;/m1.../s1. The van der Waals surface area contributed by atoms with Crippen molar-refractivity contribution in [2.75, 3.05) is 20.7 Å². The van der Waals surface area contributed by atoms with Crippen LogP contribution in [-0.2, 0) is 16.8 Å². The number of nitrogens with two attached hydrogens (primary N) is 1. The monoisotopic (exact) mass is 528 g/mol. The molecule has 1 aromatic carbocycles. The third-order valence-corrected chi connectivity index (χ3v) is 6.99. The van der Waals surface area contributed by atoms with Crippen molar-refractivity contribution in [2.45, 2.75) is 91.6 Å². The van der Waals surface area contributed by atoms with Crippen LogP contribution in [0.5, 0.6) is 0 Å². The molecule has 2 aliphatic rings. The Bertz CT molecular complexity index is 897. The van der Waals surface area contributed by atoms with E-state index in [0.29, 0.717) is 18.0 Å². The molecule has 0 aromatic heterocycles. The van der Waals surface area contributed by atoms with Gasteiger partial charge in [-0.25, -0.2) is 0 Å². The predicted molar refractivity (Wildman–Crippen MR) is 159 cm³/mol. The van der Waals surface area contributed by atoms with Crippen LogP contribution in [0.15, 0.2) is 35.5 Å². The zero-order chi connectivity index (χ0) is 29.1. The van der Waals surface area contributed by atoms with Crippen molar-refractivity contribution >= 4 is 12.5 Å². The molecule has 1 aliphatic carbocycles. The molecule has 0 amide bonds. The van der Waals surface area contributed by atoms with Crippen molar-refractivity contribution < 1.29 is 9.90 Å². The highest BCUT2D eigenvalue weighted by Crippen LogP contribution is 2.43. The number of rotatable bonds is 11. The first kappa shape index (κ1) is 35.4. The lowest BCUT2D eigenvalue weighted by Crippen LogP contribution is -2.62. The Morgan fingerprint density at radius 1 is 1.34 bits per heavy atom. The smallest absolute Gasteiger partial charge is 0.144 e. The number of aliphatic hydroxyl groups is 1. The summed E-state index contributed by atoms with van der Waals surface area (Å²) in [5.74, 6) is 0.773. The van der Waals surface area contributed by atoms with Gasteiger partial charge in [-0.3, -0.25) is 15.2 Å². The highest BCUT2D eigenvalue weighted by molar-refractivity contribution is 5.73. The van der Waals surface area contributed by atoms with E-state index in [1.165, 1.54) is 0 Å². The minimum atomic E-state index is -0.908. The highest BCUT2D eigenvalue weighted by atomic mass is 16.2. The van der Waals surface area contributed by atoms with E-state index < -0.39 is 11.8 Å². The molecule has 0 spiro atoms. The van der Waals surface area contributed by atoms with Crippen molar-refractivity contribution in [3.8, 4) is 6.07 Å². The average molecular weight is 529 g/mol. The summed E-state index contributed by atoms with van der Waals surface area (Å²) in [6, 6.07) is 7.90. The molecule has 5 N–H and O–H groups in total. The number of aldehydes is 1. The van der Waals surface area contributed by atoms with Gasteiger partial charge in [0.2, 0.25) is 0 Å². The average Bonchev–Trinajstić information content (AvgIpc) is 3.28. The van der Waals surface area contributed by atoms with Crippen LogP contribution in [-0.4, -0.2) is 55.7 Å². The van der Waals surface area contributed by atoms with Crippen molar-refractivity contribution in [1.29, 1.82) is 5.26 Å². The predicted octanol–water partition coefficient (Wildman–Crippen LogP) is 4.28. The minimum absolute atomic E-state index is 0.0857.